The molecule has 7 heteroatoms. The molecular formula is C13H21N5O2. The third-order valence-electron chi connectivity index (χ3n) is 3.99. The van der Waals surface area contributed by atoms with Gasteiger partial charge >= 0.3 is 0 Å². The first-order chi connectivity index (χ1) is 9.42. The molecule has 1 N–H and O–H groups in total. The van der Waals surface area contributed by atoms with Crippen LogP contribution >= 0.6 is 0 Å². The standard InChI is InChI=1S/C13H21N5O2/c1-5-13(4)12(20)17(9(3)11(19)16-13)7-10-14-8-15-18(10)6-2/h8-9H,5-7H2,1-4H3,(H,16,19). The van der Waals surface area contributed by atoms with Crippen LogP contribution in [0.3, 0.4) is 0 Å². The van der Waals surface area contributed by atoms with E-state index in [-0.39, 0.29) is 11.8 Å². The highest BCUT2D eigenvalue weighted by atomic mass is 16.2. The van der Waals surface area contributed by atoms with Crippen molar-refractivity contribution in [3.63, 3.8) is 0 Å². The van der Waals surface area contributed by atoms with Gasteiger partial charge in [0.05, 0.1) is 6.54 Å². The van der Waals surface area contributed by atoms with Gasteiger partial charge in [0.2, 0.25) is 11.8 Å². The number of aromatic nitrogens is 3. The Labute approximate surface area is 118 Å². The Morgan fingerprint density at radius 3 is 2.70 bits per heavy atom. The maximum absolute atomic E-state index is 12.6. The van der Waals surface area contributed by atoms with E-state index in [2.05, 4.69) is 15.4 Å². The lowest BCUT2D eigenvalue weighted by Crippen LogP contribution is -2.68. The second-order valence-electron chi connectivity index (χ2n) is 5.28. The number of piperazine rings is 1. The van der Waals surface area contributed by atoms with Crippen molar-refractivity contribution in [2.24, 2.45) is 0 Å². The second-order valence-corrected chi connectivity index (χ2v) is 5.28. The summed E-state index contributed by atoms with van der Waals surface area (Å²) in [5.74, 6) is 0.495. The monoisotopic (exact) mass is 279 g/mol. The number of aryl methyl sites for hydroxylation is 1. The van der Waals surface area contributed by atoms with E-state index in [9.17, 15) is 9.59 Å². The molecule has 1 aliphatic heterocycles. The number of hydrogen-bond acceptors (Lipinski definition) is 4. The Kier molecular flexibility index (Phi) is 3.78. The zero-order valence-corrected chi connectivity index (χ0v) is 12.4. The molecule has 2 atom stereocenters. The summed E-state index contributed by atoms with van der Waals surface area (Å²) in [5, 5.41) is 6.90. The van der Waals surface area contributed by atoms with E-state index in [0.717, 1.165) is 0 Å². The Bertz CT molecular complexity index is 527. The molecule has 0 radical (unpaired) electrons. The molecule has 2 heterocycles. The number of nitrogens with one attached hydrogen (secondary N) is 1. The van der Waals surface area contributed by atoms with Crippen molar-refractivity contribution >= 4 is 11.8 Å². The SMILES string of the molecule is CCn1ncnc1CN1C(=O)C(C)(CC)NC(=O)C1C. The van der Waals surface area contributed by atoms with Crippen LogP contribution in [0.5, 0.6) is 0 Å². The Hall–Kier alpha value is -1.92. The maximum Gasteiger partial charge on any atom is 0.249 e. The molecule has 1 fully saturated rings. The highest BCUT2D eigenvalue weighted by molar-refractivity contribution is 5.99. The van der Waals surface area contributed by atoms with Crippen LogP contribution < -0.4 is 5.32 Å². The molecule has 1 saturated heterocycles. The molecule has 0 aromatic carbocycles. The molecule has 0 spiro atoms. The van der Waals surface area contributed by atoms with Crippen molar-refractivity contribution in [2.45, 2.75) is 58.8 Å². The van der Waals surface area contributed by atoms with Gasteiger partial charge in [-0.25, -0.2) is 9.67 Å². The number of rotatable bonds is 4. The first kappa shape index (κ1) is 14.5. The van der Waals surface area contributed by atoms with Crippen molar-refractivity contribution in [3.05, 3.63) is 12.2 Å². The van der Waals surface area contributed by atoms with Crippen LogP contribution in [0.2, 0.25) is 0 Å². The minimum Gasteiger partial charge on any atom is -0.340 e. The van der Waals surface area contributed by atoms with Crippen LogP contribution in [0, 0.1) is 0 Å². The van der Waals surface area contributed by atoms with Crippen LogP contribution in [0.25, 0.3) is 0 Å². The molecule has 2 unspecified atom stereocenters. The van der Waals surface area contributed by atoms with Crippen LogP contribution in [0.1, 0.15) is 39.9 Å². The van der Waals surface area contributed by atoms with Crippen LogP contribution in [-0.4, -0.2) is 43.1 Å². The third-order valence-corrected chi connectivity index (χ3v) is 3.99. The van der Waals surface area contributed by atoms with Gasteiger partial charge in [-0.05, 0) is 27.2 Å². The largest absolute Gasteiger partial charge is 0.340 e. The fraction of sp³-hybridized carbons (Fsp3) is 0.692. The quantitative estimate of drug-likeness (QED) is 0.860. The number of carbonyl (C=O) groups excluding carboxylic acids is 2. The van der Waals surface area contributed by atoms with E-state index in [1.54, 1.807) is 23.4 Å². The summed E-state index contributed by atoms with van der Waals surface area (Å²) in [6.07, 6.45) is 2.03. The zero-order valence-electron chi connectivity index (χ0n) is 12.4. The van der Waals surface area contributed by atoms with Crippen molar-refractivity contribution in [1.82, 2.24) is 25.0 Å². The lowest BCUT2D eigenvalue weighted by Gasteiger charge is -2.42. The minimum atomic E-state index is -0.833. The van der Waals surface area contributed by atoms with Gasteiger partial charge < -0.3 is 10.2 Å². The average Bonchev–Trinajstić information content (AvgIpc) is 2.88. The summed E-state index contributed by atoms with van der Waals surface area (Å²) >= 11 is 0. The fourth-order valence-electron chi connectivity index (χ4n) is 2.34. The van der Waals surface area contributed by atoms with Crippen LogP contribution in [0.4, 0.5) is 0 Å². The normalized spacial score (nSPS) is 26.8. The summed E-state index contributed by atoms with van der Waals surface area (Å²) in [4.78, 5) is 30.4. The molecule has 110 valence electrons. The summed E-state index contributed by atoms with van der Waals surface area (Å²) in [6, 6.07) is -0.496. The van der Waals surface area contributed by atoms with Gasteiger partial charge in [-0.15, -0.1) is 0 Å². The zero-order chi connectivity index (χ0) is 14.9. The number of nitrogens with zero attached hydrogens (tertiary/aromatic N) is 4. The fourth-order valence-corrected chi connectivity index (χ4v) is 2.34. The Morgan fingerprint density at radius 2 is 2.10 bits per heavy atom. The molecule has 20 heavy (non-hydrogen) atoms. The smallest absolute Gasteiger partial charge is 0.249 e. The van der Waals surface area contributed by atoms with Gasteiger partial charge in [0, 0.05) is 6.54 Å². The molecule has 0 bridgehead atoms. The van der Waals surface area contributed by atoms with Crippen LogP contribution in [-0.2, 0) is 22.7 Å². The predicted octanol–water partition coefficient (Wildman–Crippen LogP) is 0.314. The van der Waals surface area contributed by atoms with E-state index in [0.29, 0.717) is 25.3 Å². The lowest BCUT2D eigenvalue weighted by molar-refractivity contribution is -0.154. The summed E-state index contributed by atoms with van der Waals surface area (Å²) in [7, 11) is 0. The summed E-state index contributed by atoms with van der Waals surface area (Å²) < 4.78 is 1.73. The van der Waals surface area contributed by atoms with E-state index in [4.69, 9.17) is 0 Å². The molecule has 1 aromatic rings. The first-order valence-electron chi connectivity index (χ1n) is 6.92. The minimum absolute atomic E-state index is 0.0715. The highest BCUT2D eigenvalue weighted by Crippen LogP contribution is 2.22. The van der Waals surface area contributed by atoms with Crippen molar-refractivity contribution < 1.29 is 9.59 Å². The molecule has 7 nitrogen and oxygen atoms in total. The van der Waals surface area contributed by atoms with Gasteiger partial charge in [-0.2, -0.15) is 5.10 Å². The Balaban J connectivity index is 2.28. The number of amides is 2. The number of carbonyl (C=O) groups is 2. The topological polar surface area (TPSA) is 80.1 Å². The van der Waals surface area contributed by atoms with E-state index in [1.807, 2.05) is 13.8 Å². The van der Waals surface area contributed by atoms with Crippen LogP contribution in [0.15, 0.2) is 6.33 Å². The average molecular weight is 279 g/mol. The lowest BCUT2D eigenvalue weighted by atomic mass is 9.92. The van der Waals surface area contributed by atoms with Crippen molar-refractivity contribution in [2.75, 3.05) is 0 Å². The van der Waals surface area contributed by atoms with E-state index >= 15 is 0 Å². The molecule has 0 aliphatic carbocycles. The van der Waals surface area contributed by atoms with Crippen molar-refractivity contribution in [1.29, 1.82) is 0 Å². The first-order valence-corrected chi connectivity index (χ1v) is 6.92. The Morgan fingerprint density at radius 1 is 1.40 bits per heavy atom. The predicted molar refractivity (Wildman–Crippen MR) is 72.5 cm³/mol. The van der Waals surface area contributed by atoms with Gasteiger partial charge in [0.25, 0.3) is 0 Å². The molecule has 2 amide bonds. The summed E-state index contributed by atoms with van der Waals surface area (Å²) in [5.41, 5.74) is -0.833. The van der Waals surface area contributed by atoms with E-state index in [1.165, 1.54) is 6.33 Å². The number of hydrogen-bond donors (Lipinski definition) is 1. The summed E-state index contributed by atoms with van der Waals surface area (Å²) in [6.45, 7) is 8.33. The third kappa shape index (κ3) is 2.28. The maximum atomic E-state index is 12.6. The molecule has 2 rings (SSSR count). The van der Waals surface area contributed by atoms with Gasteiger partial charge in [0.15, 0.2) is 0 Å². The second kappa shape index (κ2) is 5.22. The highest BCUT2D eigenvalue weighted by Gasteiger charge is 2.45. The van der Waals surface area contributed by atoms with Gasteiger partial charge in [-0.3, -0.25) is 9.59 Å². The molecular weight excluding hydrogens is 258 g/mol. The molecule has 0 saturated carbocycles. The van der Waals surface area contributed by atoms with E-state index < -0.39 is 11.6 Å². The molecule has 1 aromatic heterocycles. The molecule has 1 aliphatic rings. The van der Waals surface area contributed by atoms with Crippen molar-refractivity contribution in [3.8, 4) is 0 Å². The van der Waals surface area contributed by atoms with Gasteiger partial charge in [0.1, 0.15) is 23.7 Å². The van der Waals surface area contributed by atoms with Gasteiger partial charge in [-0.1, -0.05) is 6.92 Å².